The second kappa shape index (κ2) is 6.50. The summed E-state index contributed by atoms with van der Waals surface area (Å²) >= 11 is 0. The van der Waals surface area contributed by atoms with Crippen molar-refractivity contribution in [3.8, 4) is 11.5 Å². The lowest BCUT2D eigenvalue weighted by Gasteiger charge is -2.07. The van der Waals surface area contributed by atoms with Crippen LogP contribution in [0.4, 0.5) is 10.5 Å². The van der Waals surface area contributed by atoms with Crippen molar-refractivity contribution in [2.24, 2.45) is 0 Å². The molecule has 0 spiro atoms. The zero-order valence-electron chi connectivity index (χ0n) is 10.2. The second-order valence-corrected chi connectivity index (χ2v) is 3.78. The van der Waals surface area contributed by atoms with Gasteiger partial charge in [-0.25, -0.2) is 4.79 Å². The molecule has 0 aliphatic rings. The predicted molar refractivity (Wildman–Crippen MR) is 68.5 cm³/mol. The van der Waals surface area contributed by atoms with E-state index in [2.05, 4.69) is 20.8 Å². The highest BCUT2D eigenvalue weighted by atomic mass is 16.4. The summed E-state index contributed by atoms with van der Waals surface area (Å²) in [5.74, 6) is 0.393. The fraction of sp³-hybridized carbons (Fsp3) is 0.250. The molecule has 19 heavy (non-hydrogen) atoms. The Morgan fingerprint density at radius 3 is 3.05 bits per heavy atom. The molecule has 1 aromatic heterocycles. The fourth-order valence-corrected chi connectivity index (χ4v) is 1.49. The molecule has 0 radical (unpaired) electrons. The average molecular weight is 262 g/mol. The Bertz CT molecular complexity index is 528. The minimum atomic E-state index is -0.323. The molecule has 0 aliphatic heterocycles. The molecule has 7 heteroatoms. The maximum atomic E-state index is 11.5. The summed E-state index contributed by atoms with van der Waals surface area (Å²) in [4.78, 5) is 11.5. The average Bonchev–Trinajstić information content (AvgIpc) is 2.93. The molecule has 0 fully saturated rings. The molecule has 7 nitrogen and oxygen atoms in total. The van der Waals surface area contributed by atoms with Crippen molar-refractivity contribution in [1.82, 2.24) is 15.5 Å². The zero-order chi connectivity index (χ0) is 13.5. The van der Waals surface area contributed by atoms with Gasteiger partial charge in [0.25, 0.3) is 0 Å². The predicted octanol–water partition coefficient (Wildman–Crippen LogP) is 1.24. The highest BCUT2D eigenvalue weighted by molar-refractivity contribution is 5.89. The van der Waals surface area contributed by atoms with Crippen LogP contribution in [0.25, 0.3) is 11.5 Å². The first kappa shape index (κ1) is 13.0. The lowest BCUT2D eigenvalue weighted by Crippen LogP contribution is -2.29. The van der Waals surface area contributed by atoms with Crippen LogP contribution in [0.3, 0.4) is 0 Å². The first-order valence-electron chi connectivity index (χ1n) is 5.82. The van der Waals surface area contributed by atoms with Gasteiger partial charge in [-0.05, 0) is 24.6 Å². The number of aliphatic hydroxyl groups excluding tert-OH is 1. The number of aromatic nitrogens is 2. The highest BCUT2D eigenvalue weighted by Crippen LogP contribution is 2.20. The van der Waals surface area contributed by atoms with Gasteiger partial charge in [-0.2, -0.15) is 0 Å². The molecule has 3 N–H and O–H groups in total. The summed E-state index contributed by atoms with van der Waals surface area (Å²) < 4.78 is 5.08. The van der Waals surface area contributed by atoms with E-state index in [4.69, 9.17) is 9.52 Å². The molecule has 1 aromatic carbocycles. The van der Waals surface area contributed by atoms with Gasteiger partial charge in [0.15, 0.2) is 0 Å². The van der Waals surface area contributed by atoms with Crippen molar-refractivity contribution in [3.63, 3.8) is 0 Å². The van der Waals surface area contributed by atoms with E-state index in [-0.39, 0.29) is 12.6 Å². The van der Waals surface area contributed by atoms with Gasteiger partial charge in [0.05, 0.1) is 0 Å². The van der Waals surface area contributed by atoms with Gasteiger partial charge >= 0.3 is 6.03 Å². The normalized spacial score (nSPS) is 10.2. The van der Waals surface area contributed by atoms with Crippen molar-refractivity contribution in [1.29, 1.82) is 0 Å². The molecule has 0 saturated heterocycles. The first-order chi connectivity index (χ1) is 9.29. The Morgan fingerprint density at radius 1 is 1.42 bits per heavy atom. The molecule has 2 amide bonds. The lowest BCUT2D eigenvalue weighted by molar-refractivity contribution is 0.249. The van der Waals surface area contributed by atoms with Crippen molar-refractivity contribution < 1.29 is 14.3 Å². The van der Waals surface area contributed by atoms with Crippen LogP contribution >= 0.6 is 0 Å². The topological polar surface area (TPSA) is 100 Å². The molecule has 1 heterocycles. The summed E-state index contributed by atoms with van der Waals surface area (Å²) in [6.07, 6.45) is 1.77. The molecule has 0 unspecified atom stereocenters. The number of urea groups is 1. The van der Waals surface area contributed by atoms with Crippen LogP contribution in [-0.4, -0.2) is 34.5 Å². The van der Waals surface area contributed by atoms with Gasteiger partial charge in [0.1, 0.15) is 0 Å². The SMILES string of the molecule is O=C(NCCCO)Nc1cccc(-c2nnco2)c1. The monoisotopic (exact) mass is 262 g/mol. The Kier molecular flexibility index (Phi) is 4.46. The van der Waals surface area contributed by atoms with E-state index in [1.807, 2.05) is 6.07 Å². The van der Waals surface area contributed by atoms with E-state index in [1.54, 1.807) is 18.2 Å². The van der Waals surface area contributed by atoms with Crippen molar-refractivity contribution in [3.05, 3.63) is 30.7 Å². The van der Waals surface area contributed by atoms with Crippen LogP contribution < -0.4 is 10.6 Å². The highest BCUT2D eigenvalue weighted by Gasteiger charge is 2.06. The number of anilines is 1. The third-order valence-electron chi connectivity index (χ3n) is 2.35. The molecular formula is C12H14N4O3. The Hall–Kier alpha value is -2.41. The second-order valence-electron chi connectivity index (χ2n) is 3.78. The smallest absolute Gasteiger partial charge is 0.319 e. The van der Waals surface area contributed by atoms with Crippen LogP contribution in [0.1, 0.15) is 6.42 Å². The maximum absolute atomic E-state index is 11.5. The number of carbonyl (C=O) groups excluding carboxylic acids is 1. The van der Waals surface area contributed by atoms with E-state index >= 15 is 0 Å². The summed E-state index contributed by atoms with van der Waals surface area (Å²) in [5, 5.41) is 21.3. The Labute approximate surface area is 109 Å². The maximum Gasteiger partial charge on any atom is 0.319 e. The third-order valence-corrected chi connectivity index (χ3v) is 2.35. The molecule has 0 bridgehead atoms. The molecule has 0 saturated carbocycles. The largest absolute Gasteiger partial charge is 0.423 e. The van der Waals surface area contributed by atoms with Crippen LogP contribution in [0.15, 0.2) is 35.1 Å². The van der Waals surface area contributed by atoms with Crippen LogP contribution in [0.5, 0.6) is 0 Å². The standard InChI is InChI=1S/C12H14N4O3/c17-6-2-5-13-12(18)15-10-4-1-3-9(7-10)11-16-14-8-19-11/h1,3-4,7-8,17H,2,5-6H2,(H2,13,15,18). The minimum Gasteiger partial charge on any atom is -0.423 e. The van der Waals surface area contributed by atoms with Gasteiger partial charge in [0.2, 0.25) is 12.3 Å². The van der Waals surface area contributed by atoms with E-state index in [1.165, 1.54) is 6.39 Å². The van der Waals surface area contributed by atoms with Crippen molar-refractivity contribution in [2.45, 2.75) is 6.42 Å². The molecule has 2 rings (SSSR count). The van der Waals surface area contributed by atoms with Gasteiger partial charge in [-0.3, -0.25) is 0 Å². The molecular weight excluding hydrogens is 248 g/mol. The summed E-state index contributed by atoms with van der Waals surface area (Å²) in [6.45, 7) is 0.471. The van der Waals surface area contributed by atoms with Crippen molar-refractivity contribution in [2.75, 3.05) is 18.5 Å². The zero-order valence-corrected chi connectivity index (χ0v) is 10.2. The Morgan fingerprint density at radius 2 is 2.32 bits per heavy atom. The third kappa shape index (κ3) is 3.78. The molecule has 0 aliphatic carbocycles. The van der Waals surface area contributed by atoms with Gasteiger partial charge in [-0.15, -0.1) is 10.2 Å². The first-order valence-corrected chi connectivity index (χ1v) is 5.82. The quantitative estimate of drug-likeness (QED) is 0.704. The number of rotatable bonds is 5. The fourth-order valence-electron chi connectivity index (χ4n) is 1.49. The number of amides is 2. The number of benzene rings is 1. The van der Waals surface area contributed by atoms with Gasteiger partial charge in [-0.1, -0.05) is 6.07 Å². The van der Waals surface area contributed by atoms with Gasteiger partial charge < -0.3 is 20.2 Å². The van der Waals surface area contributed by atoms with E-state index in [0.29, 0.717) is 24.5 Å². The number of carbonyl (C=O) groups is 1. The lowest BCUT2D eigenvalue weighted by atomic mass is 10.2. The number of nitrogens with one attached hydrogen (secondary N) is 2. The van der Waals surface area contributed by atoms with E-state index in [0.717, 1.165) is 5.56 Å². The number of hydrogen-bond donors (Lipinski definition) is 3. The minimum absolute atomic E-state index is 0.0485. The molecule has 0 atom stereocenters. The summed E-state index contributed by atoms with van der Waals surface area (Å²) in [7, 11) is 0. The number of hydrogen-bond acceptors (Lipinski definition) is 5. The van der Waals surface area contributed by atoms with E-state index < -0.39 is 0 Å². The summed E-state index contributed by atoms with van der Waals surface area (Å²) in [6, 6.07) is 6.76. The van der Waals surface area contributed by atoms with Crippen LogP contribution in [-0.2, 0) is 0 Å². The Balaban J connectivity index is 1.97. The molecule has 100 valence electrons. The van der Waals surface area contributed by atoms with Crippen LogP contribution in [0, 0.1) is 0 Å². The number of aliphatic hydroxyl groups is 1. The van der Waals surface area contributed by atoms with Crippen molar-refractivity contribution >= 4 is 11.7 Å². The summed E-state index contributed by atoms with van der Waals surface area (Å²) in [5.41, 5.74) is 1.35. The number of nitrogens with zero attached hydrogens (tertiary/aromatic N) is 2. The van der Waals surface area contributed by atoms with E-state index in [9.17, 15) is 4.79 Å². The molecule has 2 aromatic rings. The van der Waals surface area contributed by atoms with Gasteiger partial charge in [0, 0.05) is 24.4 Å². The van der Waals surface area contributed by atoms with Crippen LogP contribution in [0.2, 0.25) is 0 Å².